The maximum Gasteiger partial charge on any atom is 0.338 e. The van der Waals surface area contributed by atoms with Gasteiger partial charge >= 0.3 is 5.97 Å². The summed E-state index contributed by atoms with van der Waals surface area (Å²) in [5, 5.41) is 8.69. The van der Waals surface area contributed by atoms with Gasteiger partial charge in [0.05, 0.1) is 28.7 Å². The van der Waals surface area contributed by atoms with Crippen molar-refractivity contribution in [1.29, 1.82) is 5.26 Å². The van der Waals surface area contributed by atoms with Gasteiger partial charge in [-0.15, -0.1) is 0 Å². The average molecular weight is 336 g/mol. The Labute approximate surface area is 134 Å². The van der Waals surface area contributed by atoms with E-state index in [9.17, 15) is 18.0 Å². The van der Waals surface area contributed by atoms with E-state index in [1.54, 1.807) is 0 Å². The molecule has 7 nitrogen and oxygen atoms in total. The van der Waals surface area contributed by atoms with Crippen LogP contribution < -0.4 is 0 Å². The van der Waals surface area contributed by atoms with Gasteiger partial charge in [-0.2, -0.15) is 5.26 Å². The lowest BCUT2D eigenvalue weighted by Crippen LogP contribution is -2.40. The molecule has 1 aliphatic rings. The van der Waals surface area contributed by atoms with Crippen LogP contribution in [-0.2, 0) is 19.4 Å². The minimum Gasteiger partial charge on any atom is -0.452 e. The zero-order valence-corrected chi connectivity index (χ0v) is 13.4. The Morgan fingerprint density at radius 3 is 2.52 bits per heavy atom. The van der Waals surface area contributed by atoms with Gasteiger partial charge < -0.3 is 9.64 Å². The molecule has 0 unspecified atom stereocenters. The van der Waals surface area contributed by atoms with Crippen LogP contribution in [0.25, 0.3) is 0 Å². The minimum absolute atomic E-state index is 0.0567. The summed E-state index contributed by atoms with van der Waals surface area (Å²) in [4.78, 5) is 25.1. The number of amides is 1. The summed E-state index contributed by atoms with van der Waals surface area (Å²) in [6, 6.07) is 7.41. The highest BCUT2D eigenvalue weighted by molar-refractivity contribution is 7.91. The lowest BCUT2D eigenvalue weighted by atomic mass is 10.1. The molecule has 8 heteroatoms. The van der Waals surface area contributed by atoms with Crippen LogP contribution in [0.5, 0.6) is 0 Å². The van der Waals surface area contributed by atoms with Crippen molar-refractivity contribution in [1.82, 2.24) is 4.90 Å². The normalized spacial score (nSPS) is 18.9. The summed E-state index contributed by atoms with van der Waals surface area (Å²) < 4.78 is 27.8. The zero-order valence-electron chi connectivity index (χ0n) is 12.6. The van der Waals surface area contributed by atoms with Gasteiger partial charge in [-0.25, -0.2) is 13.2 Å². The highest BCUT2D eigenvalue weighted by Crippen LogP contribution is 2.16. The van der Waals surface area contributed by atoms with E-state index in [0.717, 1.165) is 0 Å². The van der Waals surface area contributed by atoms with Crippen LogP contribution in [0.1, 0.15) is 22.3 Å². The van der Waals surface area contributed by atoms with Crippen molar-refractivity contribution in [3.05, 3.63) is 35.4 Å². The second kappa shape index (κ2) is 6.79. The fraction of sp³-hybridized carbons (Fsp3) is 0.400. The summed E-state index contributed by atoms with van der Waals surface area (Å²) in [6.07, 6.45) is 0.397. The van der Waals surface area contributed by atoms with Gasteiger partial charge in [0, 0.05) is 13.1 Å². The molecule has 1 saturated heterocycles. The van der Waals surface area contributed by atoms with Crippen LogP contribution in [0.15, 0.2) is 24.3 Å². The van der Waals surface area contributed by atoms with Gasteiger partial charge in [0.1, 0.15) is 0 Å². The number of rotatable bonds is 4. The lowest BCUT2D eigenvalue weighted by Gasteiger charge is -2.23. The van der Waals surface area contributed by atoms with Gasteiger partial charge in [-0.05, 0) is 30.7 Å². The molecule has 1 aliphatic heterocycles. The van der Waals surface area contributed by atoms with Crippen molar-refractivity contribution in [3.63, 3.8) is 0 Å². The summed E-state index contributed by atoms with van der Waals surface area (Å²) >= 11 is 0. The predicted molar refractivity (Wildman–Crippen MR) is 81.3 cm³/mol. The molecule has 1 atom stereocenters. The molecule has 1 fully saturated rings. The fourth-order valence-corrected chi connectivity index (χ4v) is 4.05. The predicted octanol–water partition coefficient (Wildman–Crippen LogP) is 0.361. The van der Waals surface area contributed by atoms with Gasteiger partial charge in [-0.3, -0.25) is 4.79 Å². The van der Waals surface area contributed by atoms with E-state index >= 15 is 0 Å². The number of nitriles is 1. The summed E-state index contributed by atoms with van der Waals surface area (Å²) in [6.45, 7) is -0.452. The van der Waals surface area contributed by atoms with Crippen LogP contribution in [0.4, 0.5) is 0 Å². The third-order valence-electron chi connectivity index (χ3n) is 3.73. The van der Waals surface area contributed by atoms with Gasteiger partial charge in [0.2, 0.25) is 0 Å². The van der Waals surface area contributed by atoms with Crippen LogP contribution >= 0.6 is 0 Å². The van der Waals surface area contributed by atoms with E-state index in [2.05, 4.69) is 0 Å². The fourth-order valence-electron chi connectivity index (χ4n) is 2.28. The van der Waals surface area contributed by atoms with Crippen molar-refractivity contribution in [2.45, 2.75) is 12.5 Å². The molecule has 23 heavy (non-hydrogen) atoms. The smallest absolute Gasteiger partial charge is 0.338 e. The van der Waals surface area contributed by atoms with Crippen molar-refractivity contribution in [3.8, 4) is 6.07 Å². The van der Waals surface area contributed by atoms with E-state index in [4.69, 9.17) is 10.00 Å². The molecule has 0 saturated carbocycles. The molecule has 1 amide bonds. The lowest BCUT2D eigenvalue weighted by molar-refractivity contribution is -0.134. The third-order valence-corrected chi connectivity index (χ3v) is 5.48. The van der Waals surface area contributed by atoms with Crippen molar-refractivity contribution in [2.24, 2.45) is 0 Å². The molecule has 0 N–H and O–H groups in total. The molecule has 1 heterocycles. The molecular formula is C15H16N2O5S. The van der Waals surface area contributed by atoms with Crippen LogP contribution in [0, 0.1) is 11.3 Å². The number of carbonyl (C=O) groups excluding carboxylic acids is 2. The molecule has 2 rings (SSSR count). The van der Waals surface area contributed by atoms with Crippen LogP contribution in [-0.4, -0.2) is 56.4 Å². The monoisotopic (exact) mass is 336 g/mol. The average Bonchev–Trinajstić information content (AvgIpc) is 2.91. The molecule has 0 spiro atoms. The first kappa shape index (κ1) is 17.0. The largest absolute Gasteiger partial charge is 0.452 e. The maximum absolute atomic E-state index is 12.0. The van der Waals surface area contributed by atoms with Gasteiger partial charge in [0.25, 0.3) is 5.91 Å². The second-order valence-corrected chi connectivity index (χ2v) is 7.56. The van der Waals surface area contributed by atoms with E-state index in [1.807, 2.05) is 6.07 Å². The minimum atomic E-state index is -3.08. The van der Waals surface area contributed by atoms with Crippen LogP contribution in [0.2, 0.25) is 0 Å². The molecule has 0 radical (unpaired) electrons. The Morgan fingerprint density at radius 1 is 1.35 bits per heavy atom. The highest BCUT2D eigenvalue weighted by Gasteiger charge is 2.32. The second-order valence-electron chi connectivity index (χ2n) is 5.33. The number of carbonyl (C=O) groups is 2. The highest BCUT2D eigenvalue weighted by atomic mass is 32.2. The van der Waals surface area contributed by atoms with Crippen LogP contribution in [0.3, 0.4) is 0 Å². The molecule has 0 bridgehead atoms. The number of esters is 1. The molecule has 0 aromatic heterocycles. The Hall–Kier alpha value is -2.40. The Kier molecular flexibility index (Phi) is 5.01. The standard InChI is InChI=1S/C15H16N2O5S/c1-17(13-6-7-23(20,21)10-13)14(18)9-22-15(19)12-4-2-11(8-16)3-5-12/h2-5,13H,6-7,9-10H2,1H3/t13-/m1/s1. The third kappa shape index (κ3) is 4.29. The number of sulfone groups is 1. The molecule has 1 aromatic rings. The number of likely N-dealkylation sites (N-methyl/N-ethyl adjacent to an activating group) is 1. The van der Waals surface area contributed by atoms with Crippen molar-refractivity contribution in [2.75, 3.05) is 25.2 Å². The number of hydrogen-bond donors (Lipinski definition) is 0. The van der Waals surface area contributed by atoms with E-state index in [-0.39, 0.29) is 23.1 Å². The first-order valence-electron chi connectivity index (χ1n) is 6.96. The van der Waals surface area contributed by atoms with Gasteiger partial charge in [-0.1, -0.05) is 0 Å². The van der Waals surface area contributed by atoms with E-state index < -0.39 is 28.3 Å². The Balaban J connectivity index is 1.88. The van der Waals surface area contributed by atoms with Gasteiger partial charge in [0.15, 0.2) is 16.4 Å². The zero-order chi connectivity index (χ0) is 17.0. The summed E-state index contributed by atoms with van der Waals surface area (Å²) in [7, 11) is -1.58. The number of nitrogens with zero attached hydrogens (tertiary/aromatic N) is 2. The number of ether oxygens (including phenoxy) is 1. The summed E-state index contributed by atoms with van der Waals surface area (Å²) in [5.41, 5.74) is 0.655. The quantitative estimate of drug-likeness (QED) is 0.735. The maximum atomic E-state index is 12.0. The first-order valence-corrected chi connectivity index (χ1v) is 8.78. The van der Waals surface area contributed by atoms with E-state index in [1.165, 1.54) is 36.2 Å². The molecule has 0 aliphatic carbocycles. The molecular weight excluding hydrogens is 320 g/mol. The Bertz CT molecular complexity index is 749. The van der Waals surface area contributed by atoms with Crippen molar-refractivity contribution < 1.29 is 22.7 Å². The number of hydrogen-bond acceptors (Lipinski definition) is 6. The Morgan fingerprint density at radius 2 is 2.00 bits per heavy atom. The first-order chi connectivity index (χ1) is 10.8. The summed E-state index contributed by atoms with van der Waals surface area (Å²) in [5.74, 6) is -1.11. The molecule has 1 aromatic carbocycles. The topological polar surface area (TPSA) is 105 Å². The number of benzene rings is 1. The van der Waals surface area contributed by atoms with E-state index in [0.29, 0.717) is 12.0 Å². The molecule has 122 valence electrons. The SMILES string of the molecule is CN(C(=O)COC(=O)c1ccc(C#N)cc1)[C@@H]1CCS(=O)(=O)C1. The van der Waals surface area contributed by atoms with Crippen molar-refractivity contribution >= 4 is 21.7 Å².